The van der Waals surface area contributed by atoms with Crippen molar-refractivity contribution >= 4 is 5.91 Å². The van der Waals surface area contributed by atoms with Crippen LogP contribution in [0.3, 0.4) is 0 Å². The van der Waals surface area contributed by atoms with Crippen LogP contribution in [-0.4, -0.2) is 36.6 Å². The molecule has 1 amide bonds. The maximum Gasteiger partial charge on any atom is 0.416 e. The summed E-state index contributed by atoms with van der Waals surface area (Å²) in [7, 11) is 0. The molecule has 4 nitrogen and oxygen atoms in total. The molecule has 7 heteroatoms. The number of nitrogens with one attached hydrogen (secondary N) is 2. The Morgan fingerprint density at radius 2 is 2.07 bits per heavy atom. The summed E-state index contributed by atoms with van der Waals surface area (Å²) in [5.41, 5.74) is 0.904. The monoisotopic (exact) mass is 383 g/mol. The highest BCUT2D eigenvalue weighted by Crippen LogP contribution is 2.33. The minimum absolute atomic E-state index is 0.0268. The van der Waals surface area contributed by atoms with Gasteiger partial charge in [0, 0.05) is 31.7 Å². The molecule has 2 N–H and O–H groups in total. The smallest absolute Gasteiger partial charge is 0.338 e. The molecule has 1 fully saturated rings. The number of carbonyl (C=O) groups is 1. The number of hydrogen-bond acceptors (Lipinski definition) is 3. The Morgan fingerprint density at radius 1 is 1.26 bits per heavy atom. The molecule has 0 saturated heterocycles. The SMILES string of the molecule is CCCNCNC1CCC(C(=O)N2CCc3ccc(C(F)(F)F)cc3C2)C1. The number of nitrogens with zero attached hydrogens (tertiary/aromatic N) is 1. The van der Waals surface area contributed by atoms with Crippen LogP contribution in [0.2, 0.25) is 0 Å². The van der Waals surface area contributed by atoms with Crippen LogP contribution in [0.4, 0.5) is 13.2 Å². The van der Waals surface area contributed by atoms with Crippen molar-refractivity contribution in [1.29, 1.82) is 0 Å². The predicted octanol–water partition coefficient (Wildman–Crippen LogP) is 3.31. The Kier molecular flexibility index (Phi) is 6.42. The van der Waals surface area contributed by atoms with E-state index in [1.165, 1.54) is 6.07 Å². The van der Waals surface area contributed by atoms with E-state index in [9.17, 15) is 18.0 Å². The second-order valence-electron chi connectivity index (χ2n) is 7.58. The number of halogens is 3. The average molecular weight is 383 g/mol. The van der Waals surface area contributed by atoms with Gasteiger partial charge in [-0.15, -0.1) is 0 Å². The Morgan fingerprint density at radius 3 is 2.81 bits per heavy atom. The zero-order valence-corrected chi connectivity index (χ0v) is 15.7. The number of hydrogen-bond donors (Lipinski definition) is 2. The van der Waals surface area contributed by atoms with E-state index in [-0.39, 0.29) is 18.4 Å². The molecule has 27 heavy (non-hydrogen) atoms. The molecule has 0 radical (unpaired) electrons. The Bertz CT molecular complexity index is 662. The van der Waals surface area contributed by atoms with Gasteiger partial charge in [0.25, 0.3) is 0 Å². The minimum atomic E-state index is -4.35. The van der Waals surface area contributed by atoms with E-state index in [2.05, 4.69) is 17.6 Å². The molecule has 1 aliphatic heterocycles. The Labute approximate surface area is 158 Å². The summed E-state index contributed by atoms with van der Waals surface area (Å²) in [6, 6.07) is 4.22. The van der Waals surface area contributed by atoms with Gasteiger partial charge in [0.15, 0.2) is 0 Å². The number of benzene rings is 1. The van der Waals surface area contributed by atoms with Crippen LogP contribution in [0.5, 0.6) is 0 Å². The van der Waals surface area contributed by atoms with Crippen LogP contribution in [0, 0.1) is 5.92 Å². The van der Waals surface area contributed by atoms with Gasteiger partial charge in [-0.05, 0) is 61.9 Å². The lowest BCUT2D eigenvalue weighted by molar-refractivity contribution is -0.137. The highest BCUT2D eigenvalue weighted by molar-refractivity contribution is 5.79. The molecule has 1 saturated carbocycles. The summed E-state index contributed by atoms with van der Waals surface area (Å²) in [5, 5.41) is 6.74. The van der Waals surface area contributed by atoms with E-state index in [1.54, 1.807) is 11.0 Å². The van der Waals surface area contributed by atoms with Crippen molar-refractivity contribution < 1.29 is 18.0 Å². The van der Waals surface area contributed by atoms with Crippen molar-refractivity contribution in [2.75, 3.05) is 19.8 Å². The normalized spacial score (nSPS) is 22.7. The highest BCUT2D eigenvalue weighted by Gasteiger charge is 2.35. The number of alkyl halides is 3. The summed E-state index contributed by atoms with van der Waals surface area (Å²) in [4.78, 5) is 14.6. The maximum absolute atomic E-state index is 13.0. The van der Waals surface area contributed by atoms with Gasteiger partial charge in [-0.25, -0.2) is 0 Å². The maximum atomic E-state index is 13.0. The summed E-state index contributed by atoms with van der Waals surface area (Å²) in [6.07, 6.45) is -0.0341. The third-order valence-electron chi connectivity index (χ3n) is 5.58. The zero-order valence-electron chi connectivity index (χ0n) is 15.7. The molecule has 150 valence electrons. The summed E-state index contributed by atoms with van der Waals surface area (Å²) >= 11 is 0. The zero-order chi connectivity index (χ0) is 19.4. The first kappa shape index (κ1) is 20.1. The number of amides is 1. The van der Waals surface area contributed by atoms with Crippen molar-refractivity contribution in [3.63, 3.8) is 0 Å². The molecule has 1 aromatic carbocycles. The molecule has 2 unspecified atom stereocenters. The molecule has 2 atom stereocenters. The van der Waals surface area contributed by atoms with Crippen LogP contribution in [0.1, 0.15) is 49.3 Å². The van der Waals surface area contributed by atoms with Gasteiger partial charge in [-0.1, -0.05) is 13.0 Å². The topological polar surface area (TPSA) is 44.4 Å². The fourth-order valence-corrected chi connectivity index (χ4v) is 4.05. The molecule has 0 aromatic heterocycles. The fraction of sp³-hybridized carbons (Fsp3) is 0.650. The van der Waals surface area contributed by atoms with Gasteiger partial charge in [0.05, 0.1) is 5.56 Å². The molecule has 1 aliphatic carbocycles. The summed E-state index contributed by atoms with van der Waals surface area (Å²) in [5.74, 6) is 0.0601. The van der Waals surface area contributed by atoms with Gasteiger partial charge in [0.2, 0.25) is 5.91 Å². The standard InChI is InChI=1S/C20H28F3N3O/c1-2-8-24-13-25-18-6-4-15(11-18)19(27)26-9-7-14-3-5-17(20(21,22)23)10-16(14)12-26/h3,5,10,15,18,24-25H,2,4,6-9,11-13H2,1H3. The second-order valence-corrected chi connectivity index (χ2v) is 7.58. The second kappa shape index (κ2) is 8.61. The highest BCUT2D eigenvalue weighted by atomic mass is 19.4. The summed E-state index contributed by atoms with van der Waals surface area (Å²) < 4.78 is 38.9. The molecule has 3 rings (SSSR count). The third-order valence-corrected chi connectivity index (χ3v) is 5.58. The quantitative estimate of drug-likeness (QED) is 0.585. The molecule has 0 spiro atoms. The number of fused-ring (bicyclic) bond motifs is 1. The van der Waals surface area contributed by atoms with E-state index in [0.29, 0.717) is 24.6 Å². The van der Waals surface area contributed by atoms with Crippen molar-refractivity contribution in [2.24, 2.45) is 5.92 Å². The largest absolute Gasteiger partial charge is 0.416 e. The van der Waals surface area contributed by atoms with Crippen LogP contribution < -0.4 is 10.6 Å². The summed E-state index contributed by atoms with van der Waals surface area (Å²) in [6.45, 7) is 4.70. The number of carbonyl (C=O) groups excluding carboxylic acids is 1. The first-order valence-corrected chi connectivity index (χ1v) is 9.80. The first-order valence-electron chi connectivity index (χ1n) is 9.80. The van der Waals surface area contributed by atoms with Crippen molar-refractivity contribution in [3.05, 3.63) is 34.9 Å². The lowest BCUT2D eigenvalue weighted by atomic mass is 9.95. The van der Waals surface area contributed by atoms with E-state index in [1.807, 2.05) is 0 Å². The van der Waals surface area contributed by atoms with Crippen LogP contribution in [0.15, 0.2) is 18.2 Å². The van der Waals surface area contributed by atoms with Crippen LogP contribution in [-0.2, 0) is 23.9 Å². The van der Waals surface area contributed by atoms with Gasteiger partial charge < -0.3 is 15.5 Å². The van der Waals surface area contributed by atoms with E-state index >= 15 is 0 Å². The van der Waals surface area contributed by atoms with Crippen LogP contribution in [0.25, 0.3) is 0 Å². The molecule has 0 bridgehead atoms. The van der Waals surface area contributed by atoms with E-state index in [0.717, 1.165) is 50.5 Å². The molecule has 1 aromatic rings. The van der Waals surface area contributed by atoms with Gasteiger partial charge in [-0.2, -0.15) is 13.2 Å². The Hall–Kier alpha value is -1.60. The van der Waals surface area contributed by atoms with Crippen LogP contribution >= 0.6 is 0 Å². The van der Waals surface area contributed by atoms with Gasteiger partial charge >= 0.3 is 6.18 Å². The lowest BCUT2D eigenvalue weighted by Gasteiger charge is -2.31. The van der Waals surface area contributed by atoms with Crippen molar-refractivity contribution in [3.8, 4) is 0 Å². The molecular weight excluding hydrogens is 355 g/mol. The fourth-order valence-electron chi connectivity index (χ4n) is 4.05. The predicted molar refractivity (Wildman–Crippen MR) is 98.0 cm³/mol. The van der Waals surface area contributed by atoms with Gasteiger partial charge in [0.1, 0.15) is 0 Å². The lowest BCUT2D eigenvalue weighted by Crippen LogP contribution is -2.40. The first-order chi connectivity index (χ1) is 12.9. The molecule has 1 heterocycles. The number of rotatable bonds is 6. The van der Waals surface area contributed by atoms with E-state index < -0.39 is 11.7 Å². The third kappa shape index (κ3) is 5.02. The van der Waals surface area contributed by atoms with E-state index in [4.69, 9.17) is 0 Å². The molecular formula is C20H28F3N3O. The minimum Gasteiger partial charge on any atom is -0.338 e. The Balaban J connectivity index is 1.56. The molecule has 2 aliphatic rings. The van der Waals surface area contributed by atoms with Crippen molar-refractivity contribution in [2.45, 2.75) is 57.8 Å². The van der Waals surface area contributed by atoms with Gasteiger partial charge in [-0.3, -0.25) is 4.79 Å². The average Bonchev–Trinajstić information content (AvgIpc) is 3.12. The van der Waals surface area contributed by atoms with Crippen molar-refractivity contribution in [1.82, 2.24) is 15.5 Å².